The fourth-order valence-electron chi connectivity index (χ4n) is 1.47. The number of hydrogen-bond donors (Lipinski definition) is 3. The smallest absolute Gasteiger partial charge is 0.269 e. The molecule has 1 heterocycles. The summed E-state index contributed by atoms with van der Waals surface area (Å²) in [5, 5.41) is 9.00. The lowest BCUT2D eigenvalue weighted by Crippen LogP contribution is -2.23. The molecule has 1 amide bonds. The summed E-state index contributed by atoms with van der Waals surface area (Å²) in [5.74, 6) is 0.839. The molecule has 2 aromatic rings. The van der Waals surface area contributed by atoms with Crippen molar-refractivity contribution in [2.75, 3.05) is 12.8 Å². The first kappa shape index (κ1) is 12.0. The average molecular weight is 246 g/mol. The van der Waals surface area contributed by atoms with Crippen LogP contribution in [0.25, 0.3) is 0 Å². The van der Waals surface area contributed by atoms with Crippen molar-refractivity contribution in [3.05, 3.63) is 41.6 Å². The highest BCUT2D eigenvalue weighted by atomic mass is 16.5. The molecule has 0 aliphatic heterocycles. The molecule has 94 valence electrons. The molecular weight excluding hydrogens is 232 g/mol. The van der Waals surface area contributed by atoms with Crippen LogP contribution in [-0.2, 0) is 6.54 Å². The maximum absolute atomic E-state index is 11.7. The van der Waals surface area contributed by atoms with Gasteiger partial charge in [0.15, 0.2) is 0 Å². The summed E-state index contributed by atoms with van der Waals surface area (Å²) in [6, 6.07) is 8.95. The van der Waals surface area contributed by atoms with E-state index in [1.54, 1.807) is 7.11 Å². The van der Waals surface area contributed by atoms with Crippen LogP contribution < -0.4 is 15.8 Å². The maximum Gasteiger partial charge on any atom is 0.269 e. The summed E-state index contributed by atoms with van der Waals surface area (Å²) in [4.78, 5) is 11.7. The number of rotatable bonds is 4. The Morgan fingerprint density at radius 2 is 2.17 bits per heavy atom. The minimum atomic E-state index is -0.241. The lowest BCUT2D eigenvalue weighted by atomic mass is 10.2. The summed E-state index contributed by atoms with van der Waals surface area (Å²) >= 11 is 0. The number of nitrogens with zero attached hydrogens (tertiary/aromatic N) is 1. The van der Waals surface area contributed by atoms with Gasteiger partial charge < -0.3 is 15.8 Å². The van der Waals surface area contributed by atoms with Gasteiger partial charge in [0.25, 0.3) is 5.91 Å². The molecule has 2 rings (SSSR count). The topological polar surface area (TPSA) is 93.0 Å². The monoisotopic (exact) mass is 246 g/mol. The van der Waals surface area contributed by atoms with Gasteiger partial charge in [-0.15, -0.1) is 0 Å². The third kappa shape index (κ3) is 2.79. The molecule has 0 aliphatic rings. The normalized spacial score (nSPS) is 10.1. The van der Waals surface area contributed by atoms with Crippen molar-refractivity contribution >= 4 is 11.7 Å². The van der Waals surface area contributed by atoms with Gasteiger partial charge in [-0.25, -0.2) is 0 Å². The van der Waals surface area contributed by atoms with Gasteiger partial charge in [-0.3, -0.25) is 9.89 Å². The molecule has 6 nitrogen and oxygen atoms in total. The highest BCUT2D eigenvalue weighted by molar-refractivity contribution is 5.92. The number of nitrogen functional groups attached to an aromatic ring is 1. The molecule has 0 saturated carbocycles. The Kier molecular flexibility index (Phi) is 3.47. The van der Waals surface area contributed by atoms with Crippen LogP contribution in [0.5, 0.6) is 5.75 Å². The number of nitrogens with one attached hydrogen (secondary N) is 2. The van der Waals surface area contributed by atoms with Gasteiger partial charge in [0.05, 0.1) is 7.11 Å². The molecule has 4 N–H and O–H groups in total. The first-order valence-corrected chi connectivity index (χ1v) is 5.41. The number of hydrogen-bond acceptors (Lipinski definition) is 4. The molecule has 18 heavy (non-hydrogen) atoms. The van der Waals surface area contributed by atoms with E-state index in [0.717, 1.165) is 11.3 Å². The lowest BCUT2D eigenvalue weighted by Gasteiger charge is -2.05. The van der Waals surface area contributed by atoms with Crippen LogP contribution in [0.15, 0.2) is 30.3 Å². The van der Waals surface area contributed by atoms with Crippen LogP contribution in [0, 0.1) is 0 Å². The Hall–Kier alpha value is -2.50. The van der Waals surface area contributed by atoms with Crippen LogP contribution in [0.2, 0.25) is 0 Å². The van der Waals surface area contributed by atoms with Gasteiger partial charge >= 0.3 is 0 Å². The molecule has 0 fully saturated rings. The van der Waals surface area contributed by atoms with Gasteiger partial charge in [-0.2, -0.15) is 5.10 Å². The van der Waals surface area contributed by atoms with E-state index < -0.39 is 0 Å². The number of aromatic amines is 1. The van der Waals surface area contributed by atoms with E-state index in [1.807, 2.05) is 24.3 Å². The van der Waals surface area contributed by atoms with E-state index in [2.05, 4.69) is 15.5 Å². The number of carbonyl (C=O) groups excluding carboxylic acids is 1. The number of H-pyrrole nitrogens is 1. The van der Waals surface area contributed by atoms with E-state index >= 15 is 0 Å². The van der Waals surface area contributed by atoms with Crippen molar-refractivity contribution < 1.29 is 9.53 Å². The van der Waals surface area contributed by atoms with Gasteiger partial charge in [0.2, 0.25) is 0 Å². The van der Waals surface area contributed by atoms with Crippen molar-refractivity contribution in [1.29, 1.82) is 0 Å². The van der Waals surface area contributed by atoms with Crippen molar-refractivity contribution in [3.63, 3.8) is 0 Å². The van der Waals surface area contributed by atoms with Crippen LogP contribution in [0.1, 0.15) is 16.1 Å². The Labute approximate surface area is 104 Å². The van der Waals surface area contributed by atoms with Crippen molar-refractivity contribution in [1.82, 2.24) is 15.5 Å². The van der Waals surface area contributed by atoms with E-state index in [4.69, 9.17) is 10.5 Å². The zero-order valence-electron chi connectivity index (χ0n) is 9.93. The summed E-state index contributed by atoms with van der Waals surface area (Å²) in [7, 11) is 1.61. The van der Waals surface area contributed by atoms with Gasteiger partial charge in [0.1, 0.15) is 17.3 Å². The predicted molar refractivity (Wildman–Crippen MR) is 67.2 cm³/mol. The van der Waals surface area contributed by atoms with Crippen molar-refractivity contribution in [2.24, 2.45) is 0 Å². The first-order chi connectivity index (χ1) is 8.69. The highest BCUT2D eigenvalue weighted by Gasteiger charge is 2.07. The number of nitrogens with two attached hydrogens (primary N) is 1. The number of aromatic nitrogens is 2. The molecule has 6 heteroatoms. The Morgan fingerprint density at radius 1 is 1.44 bits per heavy atom. The molecule has 0 atom stereocenters. The fraction of sp³-hybridized carbons (Fsp3) is 0.167. The Balaban J connectivity index is 1.92. The predicted octanol–water partition coefficient (Wildman–Crippen LogP) is 0.930. The number of amides is 1. The van der Waals surface area contributed by atoms with Gasteiger partial charge in [-0.1, -0.05) is 12.1 Å². The largest absolute Gasteiger partial charge is 0.497 e. The second-order valence-electron chi connectivity index (χ2n) is 3.74. The average Bonchev–Trinajstić information content (AvgIpc) is 2.83. The standard InChI is InChI=1S/C12H14N4O2/c1-18-9-4-2-8(3-5-9)7-14-12(17)10-6-11(13)16-15-10/h2-6H,7H2,1H3,(H,14,17)(H3,13,15,16). The summed E-state index contributed by atoms with van der Waals surface area (Å²) in [6.07, 6.45) is 0. The first-order valence-electron chi connectivity index (χ1n) is 5.41. The molecule has 0 spiro atoms. The summed E-state index contributed by atoms with van der Waals surface area (Å²) < 4.78 is 5.05. The second kappa shape index (κ2) is 5.22. The molecule has 0 radical (unpaired) electrons. The number of benzene rings is 1. The molecule has 0 aliphatic carbocycles. The highest BCUT2D eigenvalue weighted by Crippen LogP contribution is 2.11. The van der Waals surface area contributed by atoms with E-state index in [1.165, 1.54) is 6.07 Å². The third-order valence-electron chi connectivity index (χ3n) is 2.45. The summed E-state index contributed by atoms with van der Waals surface area (Å²) in [6.45, 7) is 0.432. The van der Waals surface area contributed by atoms with Gasteiger partial charge in [-0.05, 0) is 17.7 Å². The van der Waals surface area contributed by atoms with Crippen molar-refractivity contribution in [3.8, 4) is 5.75 Å². The Bertz CT molecular complexity index is 533. The quantitative estimate of drug-likeness (QED) is 0.748. The van der Waals surface area contributed by atoms with Crippen LogP contribution in [0.3, 0.4) is 0 Å². The van der Waals surface area contributed by atoms with Crippen LogP contribution in [0.4, 0.5) is 5.82 Å². The third-order valence-corrected chi connectivity index (χ3v) is 2.45. The molecule has 1 aromatic heterocycles. The van der Waals surface area contributed by atoms with Gasteiger partial charge in [0, 0.05) is 12.6 Å². The number of methoxy groups -OCH3 is 1. The lowest BCUT2D eigenvalue weighted by molar-refractivity contribution is 0.0946. The fourth-order valence-corrected chi connectivity index (χ4v) is 1.47. The minimum Gasteiger partial charge on any atom is -0.497 e. The Morgan fingerprint density at radius 3 is 2.72 bits per heavy atom. The molecule has 0 saturated heterocycles. The molecule has 0 unspecified atom stereocenters. The zero-order chi connectivity index (χ0) is 13.0. The molecular formula is C12H14N4O2. The summed E-state index contributed by atoms with van der Waals surface area (Å²) in [5.41, 5.74) is 6.75. The second-order valence-corrected chi connectivity index (χ2v) is 3.74. The van der Waals surface area contributed by atoms with E-state index in [9.17, 15) is 4.79 Å². The minimum absolute atomic E-state index is 0.241. The van der Waals surface area contributed by atoms with Crippen LogP contribution >= 0.6 is 0 Å². The molecule has 1 aromatic carbocycles. The van der Waals surface area contributed by atoms with E-state index in [0.29, 0.717) is 18.1 Å². The number of carbonyl (C=O) groups is 1. The number of ether oxygens (including phenoxy) is 1. The van der Waals surface area contributed by atoms with E-state index in [-0.39, 0.29) is 5.91 Å². The van der Waals surface area contributed by atoms with Crippen molar-refractivity contribution in [2.45, 2.75) is 6.54 Å². The number of anilines is 1. The molecule has 0 bridgehead atoms. The zero-order valence-corrected chi connectivity index (χ0v) is 9.93. The van der Waals surface area contributed by atoms with Crippen LogP contribution in [-0.4, -0.2) is 23.2 Å². The maximum atomic E-state index is 11.7. The SMILES string of the molecule is COc1ccc(CNC(=O)c2cc(N)n[nH]2)cc1.